The van der Waals surface area contributed by atoms with Crippen molar-refractivity contribution < 1.29 is 0 Å². The number of hydrogen-bond acceptors (Lipinski definition) is 3. The Morgan fingerprint density at radius 1 is 1.41 bits per heavy atom. The second-order valence-electron chi connectivity index (χ2n) is 4.80. The summed E-state index contributed by atoms with van der Waals surface area (Å²) in [4.78, 5) is 2.12. The Kier molecular flexibility index (Phi) is 2.92. The van der Waals surface area contributed by atoms with Gasteiger partial charge in [-0.15, -0.1) is 0 Å². The van der Waals surface area contributed by atoms with Crippen LogP contribution in [-0.2, 0) is 5.41 Å². The van der Waals surface area contributed by atoms with Crippen molar-refractivity contribution in [2.24, 2.45) is 0 Å². The first-order chi connectivity index (χ1) is 8.04. The Labute approximate surface area is 108 Å². The summed E-state index contributed by atoms with van der Waals surface area (Å²) in [5.74, 6) is 0.480. The molecule has 0 saturated carbocycles. The molecule has 0 N–H and O–H groups in total. The first-order valence-corrected chi connectivity index (χ1v) is 6.25. The minimum Gasteiger partial charge on any atom is -0.346 e. The maximum Gasteiger partial charge on any atom is 0.0974 e. The fourth-order valence-corrected chi connectivity index (χ4v) is 2.93. The molecule has 1 aliphatic heterocycles. The highest BCUT2D eigenvalue weighted by atomic mass is 32.1. The molecule has 0 unspecified atom stereocenters. The Morgan fingerprint density at radius 2 is 2.06 bits per heavy atom. The summed E-state index contributed by atoms with van der Waals surface area (Å²) < 4.78 is 0. The molecule has 1 aromatic carbocycles. The molecule has 0 amide bonds. The molecule has 0 aromatic heterocycles. The van der Waals surface area contributed by atoms with Crippen LogP contribution in [0.4, 0.5) is 5.69 Å². The van der Waals surface area contributed by atoms with E-state index in [-0.39, 0.29) is 5.41 Å². The molecule has 0 radical (unpaired) electrons. The summed E-state index contributed by atoms with van der Waals surface area (Å²) in [5, 5.41) is 9.23. The third-order valence-corrected chi connectivity index (χ3v) is 3.76. The van der Waals surface area contributed by atoms with Crippen LogP contribution < -0.4 is 4.90 Å². The zero-order chi connectivity index (χ0) is 12.6. The topological polar surface area (TPSA) is 27.0 Å². The molecule has 88 valence electrons. The first kappa shape index (κ1) is 12.1. The van der Waals surface area contributed by atoms with Crippen LogP contribution in [-0.4, -0.2) is 12.8 Å². The summed E-state index contributed by atoms with van der Waals surface area (Å²) in [7, 11) is 2.02. The van der Waals surface area contributed by atoms with Crippen LogP contribution in [0.1, 0.15) is 19.4 Å². The van der Waals surface area contributed by atoms with Crippen molar-refractivity contribution in [3.63, 3.8) is 0 Å². The maximum atomic E-state index is 9.23. The lowest BCUT2D eigenvalue weighted by molar-refractivity contribution is 0.635. The van der Waals surface area contributed by atoms with Crippen molar-refractivity contribution in [2.45, 2.75) is 19.3 Å². The van der Waals surface area contributed by atoms with Crippen molar-refractivity contribution in [2.75, 3.05) is 17.7 Å². The molecule has 17 heavy (non-hydrogen) atoms. The second kappa shape index (κ2) is 4.12. The van der Waals surface area contributed by atoms with Gasteiger partial charge in [-0.25, -0.2) is 0 Å². The van der Waals surface area contributed by atoms with Gasteiger partial charge >= 0.3 is 0 Å². The predicted molar refractivity (Wildman–Crippen MR) is 74.4 cm³/mol. The lowest BCUT2D eigenvalue weighted by atomic mass is 9.82. The van der Waals surface area contributed by atoms with Crippen molar-refractivity contribution in [1.29, 1.82) is 5.26 Å². The molecule has 0 spiro atoms. The van der Waals surface area contributed by atoms with Crippen LogP contribution in [0.15, 0.2) is 35.5 Å². The first-order valence-electron chi connectivity index (χ1n) is 5.62. The lowest BCUT2D eigenvalue weighted by Gasteiger charge is -2.25. The lowest BCUT2D eigenvalue weighted by Crippen LogP contribution is -2.25. The normalized spacial score (nSPS) is 19.8. The van der Waals surface area contributed by atoms with Crippen LogP contribution in [0.2, 0.25) is 0 Å². The minimum atomic E-state index is -0.126. The molecule has 2 rings (SSSR count). The van der Waals surface area contributed by atoms with Crippen LogP contribution in [0.3, 0.4) is 0 Å². The van der Waals surface area contributed by atoms with Gasteiger partial charge in [-0.2, -0.15) is 17.9 Å². The molecule has 0 fully saturated rings. The number of fused-ring (bicyclic) bond motifs is 1. The monoisotopic (exact) mass is 244 g/mol. The smallest absolute Gasteiger partial charge is 0.0974 e. The van der Waals surface area contributed by atoms with Gasteiger partial charge in [-0.3, -0.25) is 0 Å². The minimum absolute atomic E-state index is 0.126. The van der Waals surface area contributed by atoms with E-state index < -0.39 is 0 Å². The van der Waals surface area contributed by atoms with Crippen molar-refractivity contribution >= 4 is 18.3 Å². The van der Waals surface area contributed by atoms with Crippen LogP contribution in [0.5, 0.6) is 0 Å². The highest BCUT2D eigenvalue weighted by Crippen LogP contribution is 2.47. The van der Waals surface area contributed by atoms with E-state index in [2.05, 4.69) is 49.6 Å². The van der Waals surface area contributed by atoms with E-state index in [1.165, 1.54) is 11.3 Å². The van der Waals surface area contributed by atoms with E-state index in [9.17, 15) is 5.26 Å². The summed E-state index contributed by atoms with van der Waals surface area (Å²) in [6.45, 7) is 4.32. The van der Waals surface area contributed by atoms with Crippen LogP contribution in [0, 0.1) is 11.3 Å². The van der Waals surface area contributed by atoms with E-state index in [1.54, 1.807) is 0 Å². The van der Waals surface area contributed by atoms with Gasteiger partial charge in [0, 0.05) is 29.6 Å². The average Bonchev–Trinajstić information content (AvgIpc) is 2.53. The largest absolute Gasteiger partial charge is 0.346 e. The maximum absolute atomic E-state index is 9.23. The SMILES string of the molecule is CN1/C(=C(/C#N)CS)C(C)(C)c2ccccc21. The predicted octanol–water partition coefficient (Wildman–Crippen LogP) is 3.12. The molecule has 0 saturated heterocycles. The summed E-state index contributed by atoms with van der Waals surface area (Å²) in [6.07, 6.45) is 0. The average molecular weight is 244 g/mol. The molecule has 2 nitrogen and oxygen atoms in total. The summed E-state index contributed by atoms with van der Waals surface area (Å²) in [6, 6.07) is 10.6. The molecule has 1 heterocycles. The Morgan fingerprint density at radius 3 is 2.59 bits per heavy atom. The van der Waals surface area contributed by atoms with Gasteiger partial charge in [0.15, 0.2) is 0 Å². The Bertz CT molecular complexity index is 523. The van der Waals surface area contributed by atoms with Crippen LogP contribution in [0.25, 0.3) is 0 Å². The van der Waals surface area contributed by atoms with E-state index >= 15 is 0 Å². The Balaban J connectivity index is 2.71. The van der Waals surface area contributed by atoms with Gasteiger partial charge in [0.1, 0.15) is 0 Å². The van der Waals surface area contributed by atoms with E-state index in [4.69, 9.17) is 0 Å². The number of para-hydroxylation sites is 1. The van der Waals surface area contributed by atoms with E-state index in [1.807, 2.05) is 19.2 Å². The number of allylic oxidation sites excluding steroid dienone is 1. The molecular formula is C14H16N2S. The zero-order valence-corrected chi connectivity index (χ0v) is 11.3. The molecule has 0 atom stereocenters. The quantitative estimate of drug-likeness (QED) is 0.607. The van der Waals surface area contributed by atoms with Gasteiger partial charge in [0.05, 0.1) is 11.6 Å². The number of thiol groups is 1. The number of hydrogen-bond donors (Lipinski definition) is 1. The number of likely N-dealkylation sites (N-methyl/N-ethyl adjacent to an activating group) is 1. The van der Waals surface area contributed by atoms with Gasteiger partial charge in [0.2, 0.25) is 0 Å². The van der Waals surface area contributed by atoms with Gasteiger partial charge < -0.3 is 4.90 Å². The van der Waals surface area contributed by atoms with Gasteiger partial charge in [0.25, 0.3) is 0 Å². The van der Waals surface area contributed by atoms with Crippen molar-refractivity contribution in [3.05, 3.63) is 41.1 Å². The van der Waals surface area contributed by atoms with E-state index in [0.717, 1.165) is 11.3 Å². The fourth-order valence-electron chi connectivity index (χ4n) is 2.70. The molecule has 0 aliphatic carbocycles. The van der Waals surface area contributed by atoms with E-state index in [0.29, 0.717) is 5.75 Å². The summed E-state index contributed by atoms with van der Waals surface area (Å²) in [5.41, 5.74) is 4.14. The highest BCUT2D eigenvalue weighted by Gasteiger charge is 2.39. The molecule has 3 heteroatoms. The second-order valence-corrected chi connectivity index (χ2v) is 5.11. The Hall–Kier alpha value is -1.40. The number of rotatable bonds is 1. The summed E-state index contributed by atoms with van der Waals surface area (Å²) >= 11 is 4.26. The fraction of sp³-hybridized carbons (Fsp3) is 0.357. The number of benzene rings is 1. The molecule has 0 bridgehead atoms. The third-order valence-electron chi connectivity index (χ3n) is 3.45. The zero-order valence-electron chi connectivity index (χ0n) is 10.4. The highest BCUT2D eigenvalue weighted by molar-refractivity contribution is 7.80. The molecular weight excluding hydrogens is 228 g/mol. The molecule has 1 aliphatic rings. The van der Waals surface area contributed by atoms with Crippen molar-refractivity contribution in [1.82, 2.24) is 0 Å². The van der Waals surface area contributed by atoms with Gasteiger partial charge in [-0.1, -0.05) is 32.0 Å². The standard InChI is InChI=1S/C14H16N2S/c1-14(2)11-6-4-5-7-12(11)16(3)13(14)10(8-15)9-17/h4-7,17H,9H2,1-3H3/b13-10-. The third kappa shape index (κ3) is 1.64. The van der Waals surface area contributed by atoms with Gasteiger partial charge in [-0.05, 0) is 11.6 Å². The molecule has 1 aromatic rings. The number of nitriles is 1. The number of anilines is 1. The van der Waals surface area contributed by atoms with Crippen LogP contribution >= 0.6 is 12.6 Å². The number of nitrogens with zero attached hydrogens (tertiary/aromatic N) is 2. The van der Waals surface area contributed by atoms with Crippen molar-refractivity contribution in [3.8, 4) is 6.07 Å².